The SMILES string of the molecule is Cc1ccc(C(=O)NCCCN2CCC[C@H]2C(=O)N(C)C)cc1F. The molecule has 1 N–H and O–H groups in total. The highest BCUT2D eigenvalue weighted by molar-refractivity contribution is 5.94. The summed E-state index contributed by atoms with van der Waals surface area (Å²) in [7, 11) is 3.56. The van der Waals surface area contributed by atoms with Crippen LogP contribution in [-0.2, 0) is 4.79 Å². The summed E-state index contributed by atoms with van der Waals surface area (Å²) in [6, 6.07) is 4.45. The summed E-state index contributed by atoms with van der Waals surface area (Å²) in [5.74, 6) is -0.493. The Balaban J connectivity index is 1.77. The number of nitrogens with one attached hydrogen (secondary N) is 1. The number of likely N-dealkylation sites (N-methyl/N-ethyl adjacent to an activating group) is 1. The minimum absolute atomic E-state index is 0.0399. The summed E-state index contributed by atoms with van der Waals surface area (Å²) >= 11 is 0. The van der Waals surface area contributed by atoms with Crippen LogP contribution < -0.4 is 5.32 Å². The van der Waals surface area contributed by atoms with E-state index in [4.69, 9.17) is 0 Å². The minimum atomic E-state index is -0.371. The molecule has 0 bridgehead atoms. The van der Waals surface area contributed by atoms with Crippen LogP contribution in [0.3, 0.4) is 0 Å². The van der Waals surface area contributed by atoms with E-state index in [0.717, 1.165) is 32.4 Å². The number of hydrogen-bond donors (Lipinski definition) is 1. The molecule has 24 heavy (non-hydrogen) atoms. The highest BCUT2D eigenvalue weighted by Crippen LogP contribution is 2.18. The smallest absolute Gasteiger partial charge is 0.251 e. The van der Waals surface area contributed by atoms with E-state index in [1.165, 1.54) is 6.07 Å². The van der Waals surface area contributed by atoms with Gasteiger partial charge in [0, 0.05) is 32.7 Å². The average molecular weight is 335 g/mol. The van der Waals surface area contributed by atoms with Gasteiger partial charge in [-0.25, -0.2) is 4.39 Å². The molecule has 2 amide bonds. The molecule has 2 rings (SSSR count). The number of hydrogen-bond acceptors (Lipinski definition) is 3. The second-order valence-electron chi connectivity index (χ2n) is 6.50. The van der Waals surface area contributed by atoms with Gasteiger partial charge in [-0.05, 0) is 50.4 Å². The maximum atomic E-state index is 13.5. The summed E-state index contributed by atoms with van der Waals surface area (Å²) in [5, 5.41) is 2.81. The zero-order valence-corrected chi connectivity index (χ0v) is 14.6. The molecule has 1 heterocycles. The molecule has 1 aromatic rings. The fourth-order valence-corrected chi connectivity index (χ4v) is 2.99. The number of likely N-dealkylation sites (tertiary alicyclic amines) is 1. The van der Waals surface area contributed by atoms with Crippen molar-refractivity contribution in [3.05, 3.63) is 35.1 Å². The summed E-state index contributed by atoms with van der Waals surface area (Å²) in [4.78, 5) is 28.0. The number of amides is 2. The molecule has 0 radical (unpaired) electrons. The molecule has 1 aromatic carbocycles. The Labute approximate surface area is 142 Å². The molecule has 132 valence electrons. The van der Waals surface area contributed by atoms with E-state index in [-0.39, 0.29) is 23.7 Å². The predicted molar refractivity (Wildman–Crippen MR) is 91.4 cm³/mol. The van der Waals surface area contributed by atoms with Crippen LogP contribution >= 0.6 is 0 Å². The first-order chi connectivity index (χ1) is 11.4. The zero-order chi connectivity index (χ0) is 17.7. The lowest BCUT2D eigenvalue weighted by Gasteiger charge is -2.26. The molecular formula is C18H26FN3O2. The third-order valence-corrected chi connectivity index (χ3v) is 4.43. The number of carbonyl (C=O) groups is 2. The van der Waals surface area contributed by atoms with Crippen LogP contribution in [0.4, 0.5) is 4.39 Å². The Hall–Kier alpha value is -1.95. The Morgan fingerprint density at radius 1 is 1.38 bits per heavy atom. The fourth-order valence-electron chi connectivity index (χ4n) is 2.99. The molecule has 1 saturated heterocycles. The molecule has 0 saturated carbocycles. The number of halogens is 1. The van der Waals surface area contributed by atoms with Crippen LogP contribution in [0, 0.1) is 12.7 Å². The molecule has 1 aliphatic heterocycles. The predicted octanol–water partition coefficient (Wildman–Crippen LogP) is 1.81. The van der Waals surface area contributed by atoms with Gasteiger partial charge in [-0.15, -0.1) is 0 Å². The maximum absolute atomic E-state index is 13.5. The van der Waals surface area contributed by atoms with Crippen LogP contribution in [-0.4, -0.2) is 61.4 Å². The molecule has 6 heteroatoms. The lowest BCUT2D eigenvalue weighted by atomic mass is 10.1. The maximum Gasteiger partial charge on any atom is 0.251 e. The third-order valence-electron chi connectivity index (χ3n) is 4.43. The van der Waals surface area contributed by atoms with Crippen molar-refractivity contribution in [1.29, 1.82) is 0 Å². The highest BCUT2D eigenvalue weighted by atomic mass is 19.1. The van der Waals surface area contributed by atoms with Crippen molar-refractivity contribution in [2.24, 2.45) is 0 Å². The number of benzene rings is 1. The van der Waals surface area contributed by atoms with Gasteiger partial charge < -0.3 is 10.2 Å². The Bertz CT molecular complexity index is 604. The quantitative estimate of drug-likeness (QED) is 0.807. The largest absolute Gasteiger partial charge is 0.352 e. The molecule has 5 nitrogen and oxygen atoms in total. The van der Waals surface area contributed by atoms with E-state index in [1.54, 1.807) is 38.1 Å². The van der Waals surface area contributed by atoms with Crippen LogP contribution in [0.15, 0.2) is 18.2 Å². The van der Waals surface area contributed by atoms with E-state index in [1.807, 2.05) is 0 Å². The highest BCUT2D eigenvalue weighted by Gasteiger charge is 2.30. The van der Waals surface area contributed by atoms with Crippen LogP contribution in [0.5, 0.6) is 0 Å². The van der Waals surface area contributed by atoms with Crippen LogP contribution in [0.25, 0.3) is 0 Å². The van der Waals surface area contributed by atoms with Gasteiger partial charge in [-0.1, -0.05) is 6.07 Å². The fraction of sp³-hybridized carbons (Fsp3) is 0.556. The molecular weight excluding hydrogens is 309 g/mol. The van der Waals surface area contributed by atoms with E-state index in [2.05, 4.69) is 10.2 Å². The molecule has 1 fully saturated rings. The number of nitrogens with zero attached hydrogens (tertiary/aromatic N) is 2. The molecule has 0 unspecified atom stereocenters. The van der Waals surface area contributed by atoms with Crippen LogP contribution in [0.2, 0.25) is 0 Å². The number of rotatable bonds is 6. The molecule has 0 aromatic heterocycles. The van der Waals surface area contributed by atoms with Gasteiger partial charge in [-0.3, -0.25) is 14.5 Å². The van der Waals surface area contributed by atoms with Gasteiger partial charge in [0.25, 0.3) is 5.91 Å². The number of aryl methyl sites for hydroxylation is 1. The van der Waals surface area contributed by atoms with Crippen molar-refractivity contribution in [3.63, 3.8) is 0 Å². The van der Waals surface area contributed by atoms with Crippen molar-refractivity contribution in [2.45, 2.75) is 32.2 Å². The second kappa shape index (κ2) is 8.24. The summed E-state index contributed by atoms with van der Waals surface area (Å²) in [6.45, 7) is 3.86. The van der Waals surface area contributed by atoms with Gasteiger partial charge in [0.05, 0.1) is 6.04 Å². The molecule has 1 atom stereocenters. The average Bonchev–Trinajstić information content (AvgIpc) is 3.01. The van der Waals surface area contributed by atoms with Gasteiger partial charge in [0.1, 0.15) is 5.82 Å². The van der Waals surface area contributed by atoms with Gasteiger partial charge in [0.2, 0.25) is 5.91 Å². The zero-order valence-electron chi connectivity index (χ0n) is 14.6. The van der Waals surface area contributed by atoms with Gasteiger partial charge in [-0.2, -0.15) is 0 Å². The van der Waals surface area contributed by atoms with E-state index < -0.39 is 0 Å². The molecule has 0 spiro atoms. The standard InChI is InChI=1S/C18H26FN3O2/c1-13-7-8-14(12-15(13)19)17(23)20-9-5-11-22-10-4-6-16(22)18(24)21(2)3/h7-8,12,16H,4-6,9-11H2,1-3H3,(H,20,23)/t16-/m0/s1. The number of carbonyl (C=O) groups excluding carboxylic acids is 2. The first-order valence-electron chi connectivity index (χ1n) is 8.39. The van der Waals surface area contributed by atoms with Crippen molar-refractivity contribution in [2.75, 3.05) is 33.7 Å². The van der Waals surface area contributed by atoms with E-state index >= 15 is 0 Å². The van der Waals surface area contributed by atoms with Crippen LogP contribution in [0.1, 0.15) is 35.2 Å². The van der Waals surface area contributed by atoms with Gasteiger partial charge in [0.15, 0.2) is 0 Å². The summed E-state index contributed by atoms with van der Waals surface area (Å²) in [6.07, 6.45) is 2.68. The summed E-state index contributed by atoms with van der Waals surface area (Å²) in [5.41, 5.74) is 0.858. The van der Waals surface area contributed by atoms with Crippen molar-refractivity contribution in [3.8, 4) is 0 Å². The normalized spacial score (nSPS) is 17.8. The third kappa shape index (κ3) is 4.54. The Morgan fingerprint density at radius 2 is 2.12 bits per heavy atom. The Kier molecular flexibility index (Phi) is 6.31. The van der Waals surface area contributed by atoms with Crippen molar-refractivity contribution < 1.29 is 14.0 Å². The van der Waals surface area contributed by atoms with E-state index in [9.17, 15) is 14.0 Å². The summed E-state index contributed by atoms with van der Waals surface area (Å²) < 4.78 is 13.5. The van der Waals surface area contributed by atoms with Crippen molar-refractivity contribution in [1.82, 2.24) is 15.1 Å². The molecule has 1 aliphatic rings. The second-order valence-corrected chi connectivity index (χ2v) is 6.50. The van der Waals surface area contributed by atoms with Crippen molar-refractivity contribution >= 4 is 11.8 Å². The monoisotopic (exact) mass is 335 g/mol. The lowest BCUT2D eigenvalue weighted by molar-refractivity contribution is -0.133. The van der Waals surface area contributed by atoms with Gasteiger partial charge >= 0.3 is 0 Å². The first-order valence-corrected chi connectivity index (χ1v) is 8.39. The lowest BCUT2D eigenvalue weighted by Crippen LogP contribution is -2.43. The Morgan fingerprint density at radius 3 is 2.79 bits per heavy atom. The molecule has 0 aliphatic carbocycles. The topological polar surface area (TPSA) is 52.7 Å². The minimum Gasteiger partial charge on any atom is -0.352 e. The first kappa shape index (κ1) is 18.4. The van der Waals surface area contributed by atoms with E-state index in [0.29, 0.717) is 17.7 Å².